The fraction of sp³-hybridized carbons (Fsp3) is 0.500. The number of ether oxygens (including phenoxy) is 1. The molecule has 1 aliphatic heterocycles. The molecule has 0 bridgehead atoms. The summed E-state index contributed by atoms with van der Waals surface area (Å²) in [5.74, 6) is -0.316. The van der Waals surface area contributed by atoms with Crippen molar-refractivity contribution in [2.75, 3.05) is 31.6 Å². The molecule has 1 amide bonds. The Bertz CT molecular complexity index is 485. The van der Waals surface area contributed by atoms with Crippen molar-refractivity contribution in [3.63, 3.8) is 0 Å². The van der Waals surface area contributed by atoms with E-state index in [0.717, 1.165) is 13.1 Å². The molecule has 0 aliphatic carbocycles. The summed E-state index contributed by atoms with van der Waals surface area (Å²) >= 11 is 0. The number of halogens is 1. The predicted molar refractivity (Wildman–Crippen MR) is 80.4 cm³/mol. The monoisotopic (exact) mass is 326 g/mol. The molecule has 1 saturated heterocycles. The molecule has 1 fully saturated rings. The van der Waals surface area contributed by atoms with Gasteiger partial charge in [0.05, 0.1) is 25.3 Å². The first-order chi connectivity index (χ1) is 10.2. The van der Waals surface area contributed by atoms with Crippen LogP contribution in [-0.4, -0.2) is 38.1 Å². The molecule has 1 aliphatic rings. The molecule has 0 saturated carbocycles. The van der Waals surface area contributed by atoms with Crippen molar-refractivity contribution in [1.82, 2.24) is 0 Å². The van der Waals surface area contributed by atoms with Gasteiger partial charge in [0.1, 0.15) is 0 Å². The zero-order chi connectivity index (χ0) is 15.1. The summed E-state index contributed by atoms with van der Waals surface area (Å²) in [6.45, 7) is 4.80. The number of amides is 1. The molecule has 6 heteroatoms. The Morgan fingerprint density at radius 3 is 2.36 bits per heavy atom. The number of hydrogen-bond donors (Lipinski definition) is 2. The van der Waals surface area contributed by atoms with Crippen LogP contribution in [0.25, 0.3) is 0 Å². The van der Waals surface area contributed by atoms with Gasteiger partial charge in [0.15, 0.2) is 6.54 Å². The Kier molecular flexibility index (Phi) is 7.91. The number of rotatable bonds is 5. The highest BCUT2D eigenvalue weighted by molar-refractivity contribution is 5.93. The third-order valence-electron chi connectivity index (χ3n) is 3.65. The van der Waals surface area contributed by atoms with Gasteiger partial charge in [0.25, 0.3) is 5.91 Å². The molecule has 0 unspecified atom stereocenters. The standard InChI is InChI=1S/C16H22N2O3.ClH/c1-2-21-16(20)13-6-8-14(9-7-13)17-15(19)12-18-10-4-3-5-11-18;/h6-9H,2-5,10-12H2,1H3,(H,17,19);1H. The molecule has 1 heterocycles. The van der Waals surface area contributed by atoms with Crippen molar-refractivity contribution >= 4 is 17.6 Å². The third-order valence-corrected chi connectivity index (χ3v) is 3.65. The average molecular weight is 327 g/mol. The molecule has 22 heavy (non-hydrogen) atoms. The molecule has 0 atom stereocenters. The first kappa shape index (κ1) is 18.5. The van der Waals surface area contributed by atoms with E-state index in [1.165, 1.54) is 24.2 Å². The number of benzene rings is 1. The van der Waals surface area contributed by atoms with Crippen LogP contribution in [0, 0.1) is 0 Å². The van der Waals surface area contributed by atoms with Gasteiger partial charge in [0.2, 0.25) is 0 Å². The third kappa shape index (κ3) is 5.66. The van der Waals surface area contributed by atoms with Gasteiger partial charge < -0.3 is 27.4 Å². The van der Waals surface area contributed by atoms with Crippen LogP contribution in [0.5, 0.6) is 0 Å². The lowest BCUT2D eigenvalue weighted by Crippen LogP contribution is -3.13. The van der Waals surface area contributed by atoms with E-state index >= 15 is 0 Å². The van der Waals surface area contributed by atoms with Crippen LogP contribution in [-0.2, 0) is 9.53 Å². The van der Waals surface area contributed by atoms with Crippen LogP contribution in [0.1, 0.15) is 36.5 Å². The maximum absolute atomic E-state index is 12.0. The van der Waals surface area contributed by atoms with Gasteiger partial charge in [-0.3, -0.25) is 4.79 Å². The second-order valence-electron chi connectivity index (χ2n) is 5.33. The van der Waals surface area contributed by atoms with E-state index in [0.29, 0.717) is 24.4 Å². The van der Waals surface area contributed by atoms with Crippen LogP contribution in [0.15, 0.2) is 24.3 Å². The number of carbonyl (C=O) groups excluding carboxylic acids is 2. The molecule has 0 radical (unpaired) electrons. The van der Waals surface area contributed by atoms with E-state index in [4.69, 9.17) is 4.74 Å². The number of likely N-dealkylation sites (tertiary alicyclic amines) is 1. The molecule has 1 aromatic carbocycles. The average Bonchev–Trinajstić information content (AvgIpc) is 2.49. The van der Waals surface area contributed by atoms with Gasteiger partial charge >= 0.3 is 5.97 Å². The molecule has 1 aromatic rings. The van der Waals surface area contributed by atoms with Crippen molar-refractivity contribution in [3.8, 4) is 0 Å². The highest BCUT2D eigenvalue weighted by Crippen LogP contribution is 2.10. The van der Waals surface area contributed by atoms with E-state index < -0.39 is 0 Å². The second-order valence-corrected chi connectivity index (χ2v) is 5.33. The lowest BCUT2D eigenvalue weighted by Gasteiger charge is -2.22. The van der Waals surface area contributed by atoms with Gasteiger partial charge in [0, 0.05) is 5.69 Å². The summed E-state index contributed by atoms with van der Waals surface area (Å²) in [5, 5.41) is 2.88. The quantitative estimate of drug-likeness (QED) is 0.608. The van der Waals surface area contributed by atoms with Crippen LogP contribution >= 0.6 is 0 Å². The molecule has 0 spiro atoms. The molecular weight excluding hydrogens is 304 g/mol. The van der Waals surface area contributed by atoms with E-state index in [1.54, 1.807) is 31.2 Å². The van der Waals surface area contributed by atoms with E-state index in [9.17, 15) is 9.59 Å². The van der Waals surface area contributed by atoms with Gasteiger partial charge in [-0.25, -0.2) is 4.79 Å². The first-order valence-corrected chi connectivity index (χ1v) is 7.59. The van der Waals surface area contributed by atoms with Crippen molar-refractivity contribution in [2.45, 2.75) is 26.2 Å². The summed E-state index contributed by atoms with van der Waals surface area (Å²) in [7, 11) is 0. The smallest absolute Gasteiger partial charge is 0.338 e. The summed E-state index contributed by atoms with van der Waals surface area (Å²) in [6.07, 6.45) is 3.69. The summed E-state index contributed by atoms with van der Waals surface area (Å²) in [4.78, 5) is 24.9. The van der Waals surface area contributed by atoms with Crippen molar-refractivity contribution in [1.29, 1.82) is 0 Å². The Labute approximate surface area is 137 Å². The van der Waals surface area contributed by atoms with Gasteiger partial charge in [-0.15, -0.1) is 0 Å². The summed E-state index contributed by atoms with van der Waals surface area (Å²) in [5.41, 5.74) is 1.21. The number of hydrogen-bond acceptors (Lipinski definition) is 3. The fourth-order valence-corrected chi connectivity index (χ4v) is 2.56. The Morgan fingerprint density at radius 1 is 1.14 bits per heavy atom. The summed E-state index contributed by atoms with van der Waals surface area (Å²) in [6, 6.07) is 6.80. The zero-order valence-corrected chi connectivity index (χ0v) is 13.6. The number of anilines is 1. The minimum Gasteiger partial charge on any atom is -1.00 e. The largest absolute Gasteiger partial charge is 1.00 e. The Hall–Kier alpha value is -1.59. The maximum Gasteiger partial charge on any atom is 0.338 e. The Balaban J connectivity index is 0.00000242. The molecular formula is C16H23ClN2O3. The lowest BCUT2D eigenvalue weighted by molar-refractivity contribution is -0.896. The minimum absolute atomic E-state index is 0. The SMILES string of the molecule is CCOC(=O)c1ccc(NC(=O)C[NH+]2CCCCC2)cc1.[Cl-]. The van der Waals surface area contributed by atoms with Gasteiger partial charge in [-0.1, -0.05) is 0 Å². The number of quaternary nitrogens is 1. The molecule has 122 valence electrons. The van der Waals surface area contributed by atoms with Crippen LogP contribution < -0.4 is 22.6 Å². The van der Waals surface area contributed by atoms with Gasteiger partial charge in [-0.2, -0.15) is 0 Å². The van der Waals surface area contributed by atoms with Crippen molar-refractivity contribution in [2.24, 2.45) is 0 Å². The van der Waals surface area contributed by atoms with E-state index in [2.05, 4.69) is 5.32 Å². The zero-order valence-electron chi connectivity index (χ0n) is 12.9. The van der Waals surface area contributed by atoms with Crippen LogP contribution in [0.4, 0.5) is 5.69 Å². The highest BCUT2D eigenvalue weighted by Gasteiger charge is 2.17. The minimum atomic E-state index is -0.340. The number of nitrogens with one attached hydrogen (secondary N) is 2. The maximum atomic E-state index is 12.0. The van der Waals surface area contributed by atoms with E-state index in [1.807, 2.05) is 0 Å². The van der Waals surface area contributed by atoms with Crippen molar-refractivity contribution in [3.05, 3.63) is 29.8 Å². The van der Waals surface area contributed by atoms with Crippen molar-refractivity contribution < 1.29 is 31.6 Å². The summed E-state index contributed by atoms with van der Waals surface area (Å²) < 4.78 is 4.92. The van der Waals surface area contributed by atoms with E-state index in [-0.39, 0.29) is 24.3 Å². The fourth-order valence-electron chi connectivity index (χ4n) is 2.56. The number of esters is 1. The van der Waals surface area contributed by atoms with Gasteiger partial charge in [-0.05, 0) is 50.5 Å². The number of piperidine rings is 1. The predicted octanol–water partition coefficient (Wildman–Crippen LogP) is -2.13. The topological polar surface area (TPSA) is 59.8 Å². The second kappa shape index (κ2) is 9.43. The molecule has 0 aromatic heterocycles. The van der Waals surface area contributed by atoms with Crippen LogP contribution in [0.3, 0.4) is 0 Å². The number of carbonyl (C=O) groups is 2. The molecule has 2 rings (SSSR count). The Morgan fingerprint density at radius 2 is 1.77 bits per heavy atom. The first-order valence-electron chi connectivity index (χ1n) is 7.59. The highest BCUT2D eigenvalue weighted by atomic mass is 35.5. The molecule has 5 nitrogen and oxygen atoms in total. The normalized spacial score (nSPS) is 14.8. The lowest BCUT2D eigenvalue weighted by atomic mass is 10.1. The van der Waals surface area contributed by atoms with Crippen LogP contribution in [0.2, 0.25) is 0 Å². The molecule has 2 N–H and O–H groups in total.